The molecule has 0 radical (unpaired) electrons. The lowest BCUT2D eigenvalue weighted by molar-refractivity contribution is 0.00877. The van der Waals surface area contributed by atoms with Crippen molar-refractivity contribution in [1.82, 2.24) is 9.78 Å². The smallest absolute Gasteiger partial charge is 0.341 e. The van der Waals surface area contributed by atoms with Crippen LogP contribution >= 0.6 is 15.9 Å². The molecular weight excluding hydrogens is 374 g/mol. The summed E-state index contributed by atoms with van der Waals surface area (Å²) in [5, 5.41) is 24.2. The first kappa shape index (κ1) is 17.0. The third kappa shape index (κ3) is 3.18. The highest BCUT2D eigenvalue weighted by Gasteiger charge is 2.33. The third-order valence-corrected chi connectivity index (χ3v) is 5.19. The van der Waals surface area contributed by atoms with Crippen LogP contribution in [0.2, 0.25) is 0 Å². The van der Waals surface area contributed by atoms with Gasteiger partial charge in [0.05, 0.1) is 11.6 Å². The fraction of sp³-hybridized carbons (Fsp3) is 0.412. The highest BCUT2D eigenvalue weighted by molar-refractivity contribution is 9.10. The van der Waals surface area contributed by atoms with E-state index in [0.29, 0.717) is 24.1 Å². The van der Waals surface area contributed by atoms with Crippen LogP contribution in [0.15, 0.2) is 28.7 Å². The number of carboxylic acid groups (broad SMARTS) is 1. The summed E-state index contributed by atoms with van der Waals surface area (Å²) in [7, 11) is 0. The Bertz CT molecular complexity index is 758. The number of aromatic nitrogens is 2. The summed E-state index contributed by atoms with van der Waals surface area (Å²) in [5.74, 6) is -0.911. The Labute approximate surface area is 148 Å². The average Bonchev–Trinajstić information content (AvgIpc) is 2.86. The lowest BCUT2D eigenvalue weighted by Crippen LogP contribution is -2.32. The molecule has 128 valence electrons. The van der Waals surface area contributed by atoms with Crippen molar-refractivity contribution in [2.75, 3.05) is 5.73 Å². The molecule has 0 spiro atoms. The number of hydrogen-bond donors (Lipinski definition) is 3. The maximum absolute atomic E-state index is 11.7. The molecule has 1 heterocycles. The third-order valence-electron chi connectivity index (χ3n) is 4.66. The summed E-state index contributed by atoms with van der Waals surface area (Å²) in [4.78, 5) is 11.7. The summed E-state index contributed by atoms with van der Waals surface area (Å²) in [6, 6.07) is 7.32. The average molecular weight is 394 g/mol. The van der Waals surface area contributed by atoms with Crippen molar-refractivity contribution in [1.29, 1.82) is 0 Å². The van der Waals surface area contributed by atoms with E-state index in [4.69, 9.17) is 5.73 Å². The van der Waals surface area contributed by atoms with Crippen molar-refractivity contribution in [3.05, 3.63) is 34.3 Å². The lowest BCUT2D eigenvalue weighted by atomic mass is 9.84. The number of nitrogen functional groups attached to an aromatic ring is 1. The number of aliphatic hydroxyl groups is 1. The van der Waals surface area contributed by atoms with Crippen molar-refractivity contribution in [3.8, 4) is 11.3 Å². The van der Waals surface area contributed by atoms with Gasteiger partial charge in [-0.1, -0.05) is 28.1 Å². The number of hydrogen-bond acceptors (Lipinski definition) is 4. The van der Waals surface area contributed by atoms with Gasteiger partial charge in [-0.05, 0) is 44.7 Å². The van der Waals surface area contributed by atoms with Crippen LogP contribution < -0.4 is 5.73 Å². The van der Waals surface area contributed by atoms with Gasteiger partial charge in [0, 0.05) is 10.0 Å². The molecular formula is C17H20BrN3O3. The standard InChI is InChI=1S/C17H20BrN3O3/c1-17(24)8-6-12(7-9-17)21-15(19)13(16(22)23)14(20-21)10-2-4-11(18)5-3-10/h2-5,12,24H,6-9,19H2,1H3,(H,22,23). The van der Waals surface area contributed by atoms with E-state index in [9.17, 15) is 15.0 Å². The van der Waals surface area contributed by atoms with Gasteiger partial charge in [-0.25, -0.2) is 9.48 Å². The Kier molecular flexibility index (Phi) is 4.40. The normalized spacial score (nSPS) is 24.0. The zero-order chi connectivity index (χ0) is 17.5. The van der Waals surface area contributed by atoms with Crippen molar-refractivity contribution in [3.63, 3.8) is 0 Å². The molecule has 1 aliphatic carbocycles. The van der Waals surface area contributed by atoms with Gasteiger partial charge in [-0.3, -0.25) is 0 Å². The molecule has 24 heavy (non-hydrogen) atoms. The molecule has 1 aliphatic rings. The number of nitrogens with two attached hydrogens (primary N) is 1. The van der Waals surface area contributed by atoms with E-state index in [-0.39, 0.29) is 17.4 Å². The zero-order valence-electron chi connectivity index (χ0n) is 13.4. The first-order chi connectivity index (χ1) is 11.3. The monoisotopic (exact) mass is 393 g/mol. The van der Waals surface area contributed by atoms with Gasteiger partial charge in [-0.2, -0.15) is 5.10 Å². The summed E-state index contributed by atoms with van der Waals surface area (Å²) in [6.45, 7) is 1.83. The largest absolute Gasteiger partial charge is 0.477 e. The number of nitrogens with zero attached hydrogens (tertiary/aromatic N) is 2. The highest BCUT2D eigenvalue weighted by atomic mass is 79.9. The van der Waals surface area contributed by atoms with E-state index in [1.807, 2.05) is 31.2 Å². The van der Waals surface area contributed by atoms with Crippen molar-refractivity contribution in [2.45, 2.75) is 44.2 Å². The summed E-state index contributed by atoms with van der Waals surface area (Å²) < 4.78 is 2.53. The molecule has 1 aromatic carbocycles. The van der Waals surface area contributed by atoms with E-state index in [2.05, 4.69) is 21.0 Å². The van der Waals surface area contributed by atoms with Crippen LogP contribution in [0.3, 0.4) is 0 Å². The van der Waals surface area contributed by atoms with Crippen LogP contribution in [-0.4, -0.2) is 31.6 Å². The summed E-state index contributed by atoms with van der Waals surface area (Å²) in [6.07, 6.45) is 2.73. The molecule has 0 unspecified atom stereocenters. The van der Waals surface area contributed by atoms with Gasteiger partial charge in [-0.15, -0.1) is 0 Å². The van der Waals surface area contributed by atoms with Gasteiger partial charge < -0.3 is 15.9 Å². The summed E-state index contributed by atoms with van der Waals surface area (Å²) in [5.41, 5.74) is 6.58. The second-order valence-corrected chi connectivity index (χ2v) is 7.51. The number of aromatic carboxylic acids is 1. The minimum Gasteiger partial charge on any atom is -0.477 e. The van der Waals surface area contributed by atoms with Gasteiger partial charge in [0.25, 0.3) is 0 Å². The Hall–Kier alpha value is -1.86. The molecule has 3 rings (SSSR count). The van der Waals surface area contributed by atoms with Crippen molar-refractivity contribution < 1.29 is 15.0 Å². The zero-order valence-corrected chi connectivity index (χ0v) is 15.0. The number of benzene rings is 1. The highest BCUT2D eigenvalue weighted by Crippen LogP contribution is 2.38. The predicted octanol–water partition coefficient (Wildman–Crippen LogP) is 3.46. The number of rotatable bonds is 3. The first-order valence-electron chi connectivity index (χ1n) is 7.88. The number of anilines is 1. The van der Waals surface area contributed by atoms with Crippen LogP contribution in [-0.2, 0) is 0 Å². The topological polar surface area (TPSA) is 101 Å². The van der Waals surface area contributed by atoms with E-state index >= 15 is 0 Å². The van der Waals surface area contributed by atoms with Crippen LogP contribution in [0.25, 0.3) is 11.3 Å². The Morgan fingerprint density at radius 2 is 1.92 bits per heavy atom. The molecule has 7 heteroatoms. The molecule has 0 saturated heterocycles. The van der Waals surface area contributed by atoms with Crippen LogP contribution in [0.4, 0.5) is 5.82 Å². The molecule has 1 aromatic heterocycles. The molecule has 0 bridgehead atoms. The number of halogens is 1. The molecule has 2 aromatic rings. The van der Waals surface area contributed by atoms with Crippen molar-refractivity contribution in [2.24, 2.45) is 0 Å². The van der Waals surface area contributed by atoms with Crippen LogP contribution in [0.1, 0.15) is 49.0 Å². The summed E-state index contributed by atoms with van der Waals surface area (Å²) >= 11 is 3.37. The van der Waals surface area contributed by atoms with E-state index in [0.717, 1.165) is 17.3 Å². The quantitative estimate of drug-likeness (QED) is 0.740. The molecule has 6 nitrogen and oxygen atoms in total. The molecule has 4 N–H and O–H groups in total. The van der Waals surface area contributed by atoms with Gasteiger partial charge in [0.1, 0.15) is 17.1 Å². The fourth-order valence-electron chi connectivity index (χ4n) is 3.22. The molecule has 1 fully saturated rings. The van der Waals surface area contributed by atoms with E-state index < -0.39 is 11.6 Å². The fourth-order valence-corrected chi connectivity index (χ4v) is 3.48. The first-order valence-corrected chi connectivity index (χ1v) is 8.67. The molecule has 0 amide bonds. The second-order valence-electron chi connectivity index (χ2n) is 6.59. The SMILES string of the molecule is CC1(O)CCC(n2nc(-c3ccc(Br)cc3)c(C(=O)O)c2N)CC1. The van der Waals surface area contributed by atoms with Gasteiger partial charge >= 0.3 is 5.97 Å². The molecule has 0 aliphatic heterocycles. The lowest BCUT2D eigenvalue weighted by Gasteiger charge is -2.33. The Balaban J connectivity index is 2.02. The Morgan fingerprint density at radius 1 is 1.33 bits per heavy atom. The van der Waals surface area contributed by atoms with Gasteiger partial charge in [0.2, 0.25) is 0 Å². The minimum absolute atomic E-state index is 0.00697. The van der Waals surface area contributed by atoms with Crippen molar-refractivity contribution >= 4 is 27.7 Å². The number of carboxylic acids is 1. The molecule has 1 saturated carbocycles. The van der Waals surface area contributed by atoms with Gasteiger partial charge in [0.15, 0.2) is 0 Å². The predicted molar refractivity (Wildman–Crippen MR) is 94.9 cm³/mol. The van der Waals surface area contributed by atoms with Crippen LogP contribution in [0, 0.1) is 0 Å². The maximum atomic E-state index is 11.7. The van der Waals surface area contributed by atoms with E-state index in [1.54, 1.807) is 4.68 Å². The number of carbonyl (C=O) groups is 1. The van der Waals surface area contributed by atoms with E-state index in [1.165, 1.54) is 0 Å². The molecule has 0 atom stereocenters. The Morgan fingerprint density at radius 3 is 2.46 bits per heavy atom. The second kappa shape index (κ2) is 6.22. The van der Waals surface area contributed by atoms with Crippen LogP contribution in [0.5, 0.6) is 0 Å². The minimum atomic E-state index is -1.08. The maximum Gasteiger partial charge on any atom is 0.341 e.